The summed E-state index contributed by atoms with van der Waals surface area (Å²) in [7, 11) is 1.93. The number of rotatable bonds is 4. The van der Waals surface area contributed by atoms with Crippen LogP contribution in [0.15, 0.2) is 51.0 Å². The Balaban J connectivity index is 1.55. The lowest BCUT2D eigenvalue weighted by molar-refractivity contribution is 0.410. The van der Waals surface area contributed by atoms with Gasteiger partial charge in [-0.25, -0.2) is 9.97 Å². The molecular formula is C15H12N4O2S. The zero-order valence-corrected chi connectivity index (χ0v) is 12.6. The van der Waals surface area contributed by atoms with Gasteiger partial charge in [0.25, 0.3) is 0 Å². The first kappa shape index (κ1) is 13.0. The van der Waals surface area contributed by atoms with E-state index >= 15 is 0 Å². The first-order valence-corrected chi connectivity index (χ1v) is 7.58. The lowest BCUT2D eigenvalue weighted by Crippen LogP contribution is -2.19. The van der Waals surface area contributed by atoms with E-state index in [1.54, 1.807) is 17.6 Å². The standard InChI is InChI=1S/C15H12N4O2S/c1-19(15-16-8-14-11(17-15)4-6-22-14)9-10-7-13(21-18-10)12-3-2-5-20-12/h2-8H,9H2,1H3. The minimum absolute atomic E-state index is 0.555. The maximum atomic E-state index is 5.29. The topological polar surface area (TPSA) is 68.2 Å². The highest BCUT2D eigenvalue weighted by molar-refractivity contribution is 7.17. The summed E-state index contributed by atoms with van der Waals surface area (Å²) in [6.45, 7) is 0.555. The highest BCUT2D eigenvalue weighted by atomic mass is 32.1. The summed E-state index contributed by atoms with van der Waals surface area (Å²) in [4.78, 5) is 10.8. The SMILES string of the molecule is CN(Cc1cc(-c2ccco2)on1)c1ncc2sccc2n1. The third-order valence-corrected chi connectivity index (χ3v) is 4.10. The minimum atomic E-state index is 0.555. The van der Waals surface area contributed by atoms with E-state index < -0.39 is 0 Å². The molecule has 0 saturated heterocycles. The van der Waals surface area contributed by atoms with Crippen LogP contribution in [0, 0.1) is 0 Å². The molecule has 0 aromatic carbocycles. The lowest BCUT2D eigenvalue weighted by atomic mass is 10.3. The number of fused-ring (bicyclic) bond motifs is 1. The largest absolute Gasteiger partial charge is 0.461 e. The van der Waals surface area contributed by atoms with Crippen LogP contribution in [0.3, 0.4) is 0 Å². The third kappa shape index (κ3) is 2.35. The van der Waals surface area contributed by atoms with Gasteiger partial charge in [-0.3, -0.25) is 0 Å². The quantitative estimate of drug-likeness (QED) is 0.574. The van der Waals surface area contributed by atoms with E-state index in [4.69, 9.17) is 8.94 Å². The van der Waals surface area contributed by atoms with Gasteiger partial charge >= 0.3 is 0 Å². The summed E-state index contributed by atoms with van der Waals surface area (Å²) in [5.74, 6) is 1.94. The molecule has 0 unspecified atom stereocenters. The second-order valence-electron chi connectivity index (χ2n) is 4.86. The van der Waals surface area contributed by atoms with Gasteiger partial charge in [0.15, 0.2) is 5.76 Å². The fourth-order valence-corrected chi connectivity index (χ4v) is 2.87. The molecule has 7 heteroatoms. The van der Waals surface area contributed by atoms with Crippen molar-refractivity contribution in [1.82, 2.24) is 15.1 Å². The molecule has 0 fully saturated rings. The molecule has 0 aliphatic heterocycles. The maximum Gasteiger partial charge on any atom is 0.226 e. The van der Waals surface area contributed by atoms with Gasteiger partial charge in [-0.05, 0) is 23.6 Å². The number of nitrogens with zero attached hydrogens (tertiary/aromatic N) is 4. The van der Waals surface area contributed by atoms with Crippen LogP contribution in [0.25, 0.3) is 21.7 Å². The molecule has 0 radical (unpaired) electrons. The Morgan fingerprint density at radius 2 is 2.23 bits per heavy atom. The van der Waals surface area contributed by atoms with Crippen molar-refractivity contribution in [3.8, 4) is 11.5 Å². The Morgan fingerprint density at radius 1 is 1.27 bits per heavy atom. The number of furan rings is 1. The number of anilines is 1. The molecular weight excluding hydrogens is 300 g/mol. The Hall–Kier alpha value is -2.67. The van der Waals surface area contributed by atoms with Gasteiger partial charge in [0.2, 0.25) is 11.7 Å². The van der Waals surface area contributed by atoms with Crippen LogP contribution in [-0.2, 0) is 6.54 Å². The number of thiophene rings is 1. The molecule has 22 heavy (non-hydrogen) atoms. The van der Waals surface area contributed by atoms with Crippen molar-refractivity contribution in [3.63, 3.8) is 0 Å². The fraction of sp³-hybridized carbons (Fsp3) is 0.133. The normalized spacial score (nSPS) is 11.1. The predicted molar refractivity (Wildman–Crippen MR) is 83.7 cm³/mol. The summed E-state index contributed by atoms with van der Waals surface area (Å²) < 4.78 is 11.7. The molecule has 6 nitrogen and oxygen atoms in total. The molecule has 0 aliphatic carbocycles. The van der Waals surface area contributed by atoms with Gasteiger partial charge in [-0.2, -0.15) is 0 Å². The summed E-state index contributed by atoms with van der Waals surface area (Å²) >= 11 is 1.63. The summed E-state index contributed by atoms with van der Waals surface area (Å²) in [5, 5.41) is 6.07. The average Bonchev–Trinajstić information content (AvgIpc) is 3.27. The second kappa shape index (κ2) is 5.27. The molecule has 0 saturated carbocycles. The molecule has 110 valence electrons. The molecule has 0 aliphatic rings. The molecule has 4 heterocycles. The van der Waals surface area contributed by atoms with Crippen molar-refractivity contribution < 1.29 is 8.94 Å². The molecule has 0 bridgehead atoms. The maximum absolute atomic E-state index is 5.29. The van der Waals surface area contributed by atoms with Crippen LogP contribution in [0.4, 0.5) is 5.95 Å². The predicted octanol–water partition coefficient (Wildman–Crippen LogP) is 3.58. The number of aromatic nitrogens is 3. The van der Waals surface area contributed by atoms with E-state index in [1.165, 1.54) is 0 Å². The van der Waals surface area contributed by atoms with Gasteiger partial charge in [0.05, 0.1) is 29.2 Å². The van der Waals surface area contributed by atoms with Gasteiger partial charge in [0.1, 0.15) is 5.69 Å². The number of hydrogen-bond acceptors (Lipinski definition) is 7. The average molecular weight is 312 g/mol. The van der Waals surface area contributed by atoms with Crippen molar-refractivity contribution in [3.05, 3.63) is 47.8 Å². The van der Waals surface area contributed by atoms with E-state index in [0.29, 0.717) is 24.0 Å². The first-order valence-electron chi connectivity index (χ1n) is 6.70. The monoisotopic (exact) mass is 312 g/mol. The minimum Gasteiger partial charge on any atom is -0.461 e. The zero-order chi connectivity index (χ0) is 14.9. The van der Waals surface area contributed by atoms with Gasteiger partial charge in [-0.15, -0.1) is 11.3 Å². The van der Waals surface area contributed by atoms with Crippen molar-refractivity contribution in [1.29, 1.82) is 0 Å². The van der Waals surface area contributed by atoms with Gasteiger partial charge in [-0.1, -0.05) is 5.16 Å². The smallest absolute Gasteiger partial charge is 0.226 e. The van der Waals surface area contributed by atoms with Crippen molar-refractivity contribution in [2.45, 2.75) is 6.54 Å². The molecule has 4 rings (SSSR count). The molecule has 0 atom stereocenters. The van der Waals surface area contributed by atoms with Crippen molar-refractivity contribution in [2.24, 2.45) is 0 Å². The van der Waals surface area contributed by atoms with Crippen LogP contribution in [0.5, 0.6) is 0 Å². The molecule has 4 aromatic heterocycles. The summed E-state index contributed by atoms with van der Waals surface area (Å²) in [6.07, 6.45) is 3.45. The van der Waals surface area contributed by atoms with E-state index in [9.17, 15) is 0 Å². The molecule has 0 N–H and O–H groups in total. The van der Waals surface area contributed by atoms with E-state index in [1.807, 2.05) is 47.8 Å². The first-order chi connectivity index (χ1) is 10.8. The summed E-state index contributed by atoms with van der Waals surface area (Å²) in [5.41, 5.74) is 1.75. The Kier molecular flexibility index (Phi) is 3.12. The fourth-order valence-electron chi connectivity index (χ4n) is 2.18. The highest BCUT2D eigenvalue weighted by Gasteiger charge is 2.13. The number of hydrogen-bond donors (Lipinski definition) is 0. The third-order valence-electron chi connectivity index (χ3n) is 3.25. The lowest BCUT2D eigenvalue weighted by Gasteiger charge is -2.14. The van der Waals surface area contributed by atoms with Crippen LogP contribution >= 0.6 is 11.3 Å². The Bertz CT molecular complexity index is 897. The van der Waals surface area contributed by atoms with Gasteiger partial charge in [0, 0.05) is 13.1 Å². The highest BCUT2D eigenvalue weighted by Crippen LogP contribution is 2.23. The van der Waals surface area contributed by atoms with Crippen molar-refractivity contribution in [2.75, 3.05) is 11.9 Å². The Morgan fingerprint density at radius 3 is 3.09 bits per heavy atom. The van der Waals surface area contributed by atoms with Crippen LogP contribution in [0.2, 0.25) is 0 Å². The second-order valence-corrected chi connectivity index (χ2v) is 5.80. The van der Waals surface area contributed by atoms with Crippen molar-refractivity contribution >= 4 is 27.5 Å². The molecule has 0 spiro atoms. The Labute approximate surface area is 130 Å². The van der Waals surface area contributed by atoms with Crippen LogP contribution in [-0.4, -0.2) is 22.2 Å². The van der Waals surface area contributed by atoms with Crippen LogP contribution < -0.4 is 4.90 Å². The van der Waals surface area contributed by atoms with Gasteiger partial charge < -0.3 is 13.8 Å². The van der Waals surface area contributed by atoms with Crippen LogP contribution in [0.1, 0.15) is 5.69 Å². The zero-order valence-electron chi connectivity index (χ0n) is 11.8. The van der Waals surface area contributed by atoms with E-state index in [0.717, 1.165) is 15.9 Å². The van der Waals surface area contributed by atoms with E-state index in [2.05, 4.69) is 15.1 Å². The summed E-state index contributed by atoms with van der Waals surface area (Å²) in [6, 6.07) is 7.50. The van der Waals surface area contributed by atoms with E-state index in [-0.39, 0.29) is 0 Å². The molecule has 0 amide bonds. The molecule has 4 aromatic rings.